The molecule has 0 bridgehead atoms. The van der Waals surface area contributed by atoms with Crippen LogP contribution in [0.4, 0.5) is 0 Å². The number of likely N-dealkylation sites (tertiary alicyclic amines) is 1. The second-order valence-corrected chi connectivity index (χ2v) is 5.79. The SMILES string of the molecule is CN1CCC(O)(CC(=O)OC(C)(C)C)CC1. The van der Waals surface area contributed by atoms with Crippen LogP contribution in [0.1, 0.15) is 40.0 Å². The Balaban J connectivity index is 2.44. The van der Waals surface area contributed by atoms with Crippen LogP contribution < -0.4 is 0 Å². The van der Waals surface area contributed by atoms with E-state index in [4.69, 9.17) is 4.74 Å². The molecule has 1 aliphatic rings. The molecule has 0 spiro atoms. The Labute approximate surface area is 97.6 Å². The number of hydrogen-bond acceptors (Lipinski definition) is 4. The number of nitrogens with zero attached hydrogens (tertiary/aromatic N) is 1. The average molecular weight is 229 g/mol. The van der Waals surface area contributed by atoms with E-state index in [0.717, 1.165) is 13.1 Å². The maximum Gasteiger partial charge on any atom is 0.309 e. The van der Waals surface area contributed by atoms with Gasteiger partial charge in [-0.15, -0.1) is 0 Å². The van der Waals surface area contributed by atoms with Gasteiger partial charge in [-0.05, 0) is 40.7 Å². The Morgan fingerprint density at radius 2 is 1.88 bits per heavy atom. The maximum atomic E-state index is 11.6. The van der Waals surface area contributed by atoms with E-state index >= 15 is 0 Å². The van der Waals surface area contributed by atoms with Gasteiger partial charge in [0.25, 0.3) is 0 Å². The average Bonchev–Trinajstić information content (AvgIpc) is 2.07. The van der Waals surface area contributed by atoms with Gasteiger partial charge >= 0.3 is 5.97 Å². The minimum atomic E-state index is -0.866. The monoisotopic (exact) mass is 229 g/mol. The van der Waals surface area contributed by atoms with Crippen molar-refractivity contribution in [2.45, 2.75) is 51.2 Å². The molecule has 94 valence electrons. The molecule has 4 heteroatoms. The van der Waals surface area contributed by atoms with E-state index in [2.05, 4.69) is 4.90 Å². The summed E-state index contributed by atoms with van der Waals surface area (Å²) in [5.74, 6) is -0.306. The van der Waals surface area contributed by atoms with Gasteiger partial charge in [-0.2, -0.15) is 0 Å². The van der Waals surface area contributed by atoms with E-state index in [-0.39, 0.29) is 12.4 Å². The van der Waals surface area contributed by atoms with Gasteiger partial charge in [0.2, 0.25) is 0 Å². The molecule has 0 aliphatic carbocycles. The fourth-order valence-electron chi connectivity index (χ4n) is 1.86. The topological polar surface area (TPSA) is 49.8 Å². The van der Waals surface area contributed by atoms with E-state index < -0.39 is 11.2 Å². The zero-order valence-electron chi connectivity index (χ0n) is 10.7. The van der Waals surface area contributed by atoms with Crippen LogP contribution in [0.25, 0.3) is 0 Å². The van der Waals surface area contributed by atoms with Gasteiger partial charge in [0.1, 0.15) is 5.60 Å². The second-order valence-electron chi connectivity index (χ2n) is 5.79. The van der Waals surface area contributed by atoms with Crippen LogP contribution in [0.5, 0.6) is 0 Å². The summed E-state index contributed by atoms with van der Waals surface area (Å²) in [5, 5.41) is 10.2. The van der Waals surface area contributed by atoms with Crippen molar-refractivity contribution in [3.63, 3.8) is 0 Å². The van der Waals surface area contributed by atoms with E-state index in [9.17, 15) is 9.90 Å². The molecule has 1 fully saturated rings. The normalized spacial score (nSPS) is 21.8. The summed E-state index contributed by atoms with van der Waals surface area (Å²) in [6, 6.07) is 0. The number of hydrogen-bond donors (Lipinski definition) is 1. The van der Waals surface area contributed by atoms with E-state index in [0.29, 0.717) is 12.8 Å². The van der Waals surface area contributed by atoms with E-state index in [1.165, 1.54) is 0 Å². The first-order valence-electron chi connectivity index (χ1n) is 5.83. The van der Waals surface area contributed by atoms with Gasteiger partial charge in [0, 0.05) is 13.1 Å². The fourth-order valence-corrected chi connectivity index (χ4v) is 1.86. The maximum absolute atomic E-state index is 11.6. The molecule has 1 rings (SSSR count). The van der Waals surface area contributed by atoms with E-state index in [1.807, 2.05) is 27.8 Å². The highest BCUT2D eigenvalue weighted by molar-refractivity contribution is 5.71. The van der Waals surface area contributed by atoms with Crippen molar-refractivity contribution < 1.29 is 14.6 Å². The lowest BCUT2D eigenvalue weighted by Crippen LogP contribution is -2.44. The van der Waals surface area contributed by atoms with Gasteiger partial charge in [-0.3, -0.25) is 4.79 Å². The molecule has 1 heterocycles. The molecule has 0 saturated carbocycles. The van der Waals surface area contributed by atoms with Crippen molar-refractivity contribution in [2.24, 2.45) is 0 Å². The third-order valence-corrected chi connectivity index (χ3v) is 2.81. The second kappa shape index (κ2) is 4.72. The molecule has 1 N–H and O–H groups in total. The van der Waals surface area contributed by atoms with E-state index in [1.54, 1.807) is 0 Å². The smallest absolute Gasteiger partial charge is 0.309 e. The van der Waals surface area contributed by atoms with Gasteiger partial charge in [0.15, 0.2) is 0 Å². The third kappa shape index (κ3) is 4.49. The lowest BCUT2D eigenvalue weighted by Gasteiger charge is -2.36. The first-order chi connectivity index (χ1) is 7.20. The van der Waals surface area contributed by atoms with Crippen LogP contribution in [0.15, 0.2) is 0 Å². The highest BCUT2D eigenvalue weighted by Gasteiger charge is 2.34. The van der Waals surface area contributed by atoms with Gasteiger partial charge in [-0.25, -0.2) is 0 Å². The summed E-state index contributed by atoms with van der Waals surface area (Å²) in [4.78, 5) is 13.8. The van der Waals surface area contributed by atoms with Gasteiger partial charge < -0.3 is 14.7 Å². The van der Waals surface area contributed by atoms with Crippen molar-refractivity contribution in [2.75, 3.05) is 20.1 Å². The minimum Gasteiger partial charge on any atom is -0.460 e. The summed E-state index contributed by atoms with van der Waals surface area (Å²) in [7, 11) is 2.02. The first kappa shape index (κ1) is 13.5. The van der Waals surface area contributed by atoms with Crippen LogP contribution in [-0.2, 0) is 9.53 Å². The molecular formula is C12H23NO3. The molecule has 0 unspecified atom stereocenters. The third-order valence-electron chi connectivity index (χ3n) is 2.81. The lowest BCUT2D eigenvalue weighted by atomic mass is 9.88. The molecule has 0 aromatic rings. The van der Waals surface area contributed by atoms with Gasteiger partial charge in [0.05, 0.1) is 12.0 Å². The van der Waals surface area contributed by atoms with Crippen LogP contribution in [-0.4, -0.2) is 47.3 Å². The molecule has 16 heavy (non-hydrogen) atoms. The Morgan fingerprint density at radius 3 is 2.31 bits per heavy atom. The summed E-state index contributed by atoms with van der Waals surface area (Å²) in [6.45, 7) is 7.18. The number of rotatable bonds is 2. The molecule has 1 saturated heterocycles. The minimum absolute atomic E-state index is 0.109. The van der Waals surface area contributed by atoms with Crippen molar-refractivity contribution in [1.82, 2.24) is 4.90 Å². The Kier molecular flexibility index (Phi) is 3.97. The molecule has 1 aliphatic heterocycles. The zero-order valence-corrected chi connectivity index (χ0v) is 10.7. The Morgan fingerprint density at radius 1 is 1.38 bits per heavy atom. The summed E-state index contributed by atoms with van der Waals surface area (Å²) in [5.41, 5.74) is -1.34. The fraction of sp³-hybridized carbons (Fsp3) is 0.917. The number of carbonyl (C=O) groups is 1. The highest BCUT2D eigenvalue weighted by Crippen LogP contribution is 2.26. The van der Waals surface area contributed by atoms with Crippen LogP contribution in [0.3, 0.4) is 0 Å². The molecule has 0 amide bonds. The first-order valence-corrected chi connectivity index (χ1v) is 5.83. The number of ether oxygens (including phenoxy) is 1. The molecule has 0 aromatic heterocycles. The Hall–Kier alpha value is -0.610. The number of esters is 1. The molecule has 0 radical (unpaired) electrons. The zero-order chi connectivity index (χ0) is 12.4. The van der Waals surface area contributed by atoms with Crippen molar-refractivity contribution in [3.8, 4) is 0 Å². The van der Waals surface area contributed by atoms with Crippen molar-refractivity contribution in [1.29, 1.82) is 0 Å². The van der Waals surface area contributed by atoms with Gasteiger partial charge in [-0.1, -0.05) is 0 Å². The number of aliphatic hydroxyl groups is 1. The summed E-state index contributed by atoms with van der Waals surface area (Å²) < 4.78 is 5.22. The van der Waals surface area contributed by atoms with Crippen molar-refractivity contribution in [3.05, 3.63) is 0 Å². The summed E-state index contributed by atoms with van der Waals surface area (Å²) in [6.07, 6.45) is 1.39. The standard InChI is InChI=1S/C12H23NO3/c1-11(2,3)16-10(14)9-12(15)5-7-13(4)8-6-12/h15H,5-9H2,1-4H3. The molecule has 4 nitrogen and oxygen atoms in total. The molecule has 0 aromatic carbocycles. The largest absolute Gasteiger partial charge is 0.460 e. The van der Waals surface area contributed by atoms with Crippen molar-refractivity contribution >= 4 is 5.97 Å². The number of piperidine rings is 1. The quantitative estimate of drug-likeness (QED) is 0.722. The lowest BCUT2D eigenvalue weighted by molar-refractivity contribution is -0.162. The number of carbonyl (C=O) groups excluding carboxylic acids is 1. The molecular weight excluding hydrogens is 206 g/mol. The predicted octanol–water partition coefficient (Wildman–Crippen LogP) is 1.17. The van der Waals surface area contributed by atoms with Crippen LogP contribution in [0.2, 0.25) is 0 Å². The Bertz CT molecular complexity index is 249. The molecule has 0 atom stereocenters. The predicted molar refractivity (Wildman–Crippen MR) is 62.1 cm³/mol. The highest BCUT2D eigenvalue weighted by atomic mass is 16.6. The van der Waals surface area contributed by atoms with Crippen LogP contribution >= 0.6 is 0 Å². The summed E-state index contributed by atoms with van der Waals surface area (Å²) >= 11 is 0. The van der Waals surface area contributed by atoms with Crippen LogP contribution in [0, 0.1) is 0 Å².